The topological polar surface area (TPSA) is 92.8 Å². The number of nitrogens with zero attached hydrogens (tertiary/aromatic N) is 1. The number of carbonyl (C=O) groups is 2. The quantitative estimate of drug-likeness (QED) is 0.180. The van der Waals surface area contributed by atoms with E-state index in [0.717, 1.165) is 0 Å². The molecule has 0 aliphatic carbocycles. The minimum absolute atomic E-state index is 0.117. The maximum absolute atomic E-state index is 13.1. The molecule has 1 amide bonds. The number of benzene rings is 3. The van der Waals surface area contributed by atoms with Crippen LogP contribution in [-0.2, 0) is 4.79 Å². The van der Waals surface area contributed by atoms with Crippen LogP contribution in [0.5, 0.6) is 34.5 Å². The van der Waals surface area contributed by atoms with Crippen LogP contribution in [0, 0.1) is 0 Å². The van der Waals surface area contributed by atoms with E-state index in [0.29, 0.717) is 45.4 Å². The van der Waals surface area contributed by atoms with Crippen molar-refractivity contribution in [2.75, 3.05) is 40.4 Å². The summed E-state index contributed by atoms with van der Waals surface area (Å²) in [5.41, 5.74) is 1.62. The smallest absolute Gasteiger partial charge is 0.343 e. The summed E-state index contributed by atoms with van der Waals surface area (Å²) in [6.07, 6.45) is 0. The second-order valence-corrected chi connectivity index (χ2v) is 7.96. The second-order valence-electron chi connectivity index (χ2n) is 7.96. The number of hydrogen-bond donors (Lipinski definition) is 0. The second kappa shape index (κ2) is 10.5. The van der Waals surface area contributed by atoms with Crippen LogP contribution >= 0.6 is 0 Å². The molecule has 3 aromatic carbocycles. The molecule has 1 saturated heterocycles. The molecule has 3 aromatic rings. The van der Waals surface area contributed by atoms with Crippen molar-refractivity contribution in [3.8, 4) is 34.5 Å². The van der Waals surface area contributed by atoms with Gasteiger partial charge in [-0.3, -0.25) is 9.69 Å². The van der Waals surface area contributed by atoms with Gasteiger partial charge in [-0.15, -0.1) is 0 Å². The molecule has 0 bridgehead atoms. The van der Waals surface area contributed by atoms with Gasteiger partial charge in [0, 0.05) is 23.3 Å². The Morgan fingerprint density at radius 3 is 1.89 bits per heavy atom. The third-order valence-electron chi connectivity index (χ3n) is 6.04. The van der Waals surface area contributed by atoms with Gasteiger partial charge in [-0.25, -0.2) is 4.79 Å². The lowest BCUT2D eigenvalue weighted by Gasteiger charge is -2.43. The van der Waals surface area contributed by atoms with E-state index in [1.54, 1.807) is 54.6 Å². The Morgan fingerprint density at radius 1 is 0.757 bits per heavy atom. The molecule has 1 unspecified atom stereocenters. The maximum Gasteiger partial charge on any atom is 0.343 e. The minimum atomic E-state index is -0.673. The SMILES string of the molecule is C=C1C(=O)N(c2cc(OC)c(OC)c(OC)c2)C1c1ccc(OC)c(OC)c1OC(=O)c1ccccc1. The van der Waals surface area contributed by atoms with Gasteiger partial charge in [-0.2, -0.15) is 0 Å². The lowest BCUT2D eigenvalue weighted by molar-refractivity contribution is -0.119. The van der Waals surface area contributed by atoms with E-state index >= 15 is 0 Å². The summed E-state index contributed by atoms with van der Waals surface area (Å²) in [4.78, 5) is 27.6. The Bertz CT molecular complexity index is 1330. The number of β-lactam (4-membered cyclic amide) rings is 1. The van der Waals surface area contributed by atoms with Crippen molar-refractivity contribution in [2.24, 2.45) is 0 Å². The predicted octanol–water partition coefficient (Wildman–Crippen LogP) is 4.59. The van der Waals surface area contributed by atoms with Gasteiger partial charge in [0.1, 0.15) is 0 Å². The number of ether oxygens (including phenoxy) is 6. The summed E-state index contributed by atoms with van der Waals surface area (Å²) < 4.78 is 33.2. The Balaban J connectivity index is 1.84. The number of esters is 1. The molecule has 9 heteroatoms. The molecule has 1 aliphatic rings. The highest BCUT2D eigenvalue weighted by atomic mass is 16.6. The van der Waals surface area contributed by atoms with Crippen molar-refractivity contribution in [1.29, 1.82) is 0 Å². The highest BCUT2D eigenvalue weighted by molar-refractivity contribution is 6.15. The van der Waals surface area contributed by atoms with E-state index in [1.807, 2.05) is 0 Å². The Kier molecular flexibility index (Phi) is 7.24. The average Bonchev–Trinajstić information content (AvgIpc) is 2.94. The van der Waals surface area contributed by atoms with Crippen molar-refractivity contribution >= 4 is 17.6 Å². The zero-order chi connectivity index (χ0) is 26.7. The molecule has 9 nitrogen and oxygen atoms in total. The third-order valence-corrected chi connectivity index (χ3v) is 6.04. The molecule has 1 aliphatic heterocycles. The standard InChI is InChI=1S/C28H27NO8/c1-16-23(29(27(16)30)18-14-21(33-3)25(35-5)22(15-18)34-4)19-12-13-20(32-2)26(36-6)24(19)37-28(31)17-10-8-7-9-11-17/h7-15,23H,1H2,2-6H3. The minimum Gasteiger partial charge on any atom is -0.493 e. The van der Waals surface area contributed by atoms with E-state index in [-0.39, 0.29) is 17.4 Å². The molecule has 1 fully saturated rings. The van der Waals surface area contributed by atoms with E-state index in [4.69, 9.17) is 28.4 Å². The predicted molar refractivity (Wildman–Crippen MR) is 136 cm³/mol. The zero-order valence-electron chi connectivity index (χ0n) is 21.2. The number of methoxy groups -OCH3 is 5. The number of carbonyl (C=O) groups excluding carboxylic acids is 2. The molecular formula is C28H27NO8. The van der Waals surface area contributed by atoms with Gasteiger partial charge < -0.3 is 28.4 Å². The highest BCUT2D eigenvalue weighted by Crippen LogP contribution is 2.52. The highest BCUT2D eigenvalue weighted by Gasteiger charge is 2.45. The molecule has 1 atom stereocenters. The van der Waals surface area contributed by atoms with Crippen molar-refractivity contribution in [3.63, 3.8) is 0 Å². The van der Waals surface area contributed by atoms with Crippen molar-refractivity contribution in [3.05, 3.63) is 77.9 Å². The summed E-state index contributed by atoms with van der Waals surface area (Å²) in [7, 11) is 7.40. The summed E-state index contributed by atoms with van der Waals surface area (Å²) in [6, 6.07) is 14.6. The van der Waals surface area contributed by atoms with Crippen molar-refractivity contribution in [1.82, 2.24) is 0 Å². The molecular weight excluding hydrogens is 478 g/mol. The number of anilines is 1. The van der Waals surface area contributed by atoms with E-state index < -0.39 is 12.0 Å². The monoisotopic (exact) mass is 505 g/mol. The fourth-order valence-electron chi connectivity index (χ4n) is 4.24. The lowest BCUT2D eigenvalue weighted by Crippen LogP contribution is -2.49. The maximum atomic E-state index is 13.1. The van der Waals surface area contributed by atoms with Gasteiger partial charge in [0.05, 0.1) is 52.8 Å². The third kappa shape index (κ3) is 4.40. The van der Waals surface area contributed by atoms with Crippen LogP contribution in [0.25, 0.3) is 0 Å². The van der Waals surface area contributed by atoms with Crippen LogP contribution in [-0.4, -0.2) is 47.4 Å². The molecule has 0 radical (unpaired) electrons. The Labute approximate surface area is 214 Å². The summed E-state index contributed by atoms with van der Waals surface area (Å²) in [5.74, 6) is 0.928. The molecule has 4 rings (SSSR count). The molecule has 0 N–H and O–H groups in total. The molecule has 0 spiro atoms. The largest absolute Gasteiger partial charge is 0.493 e. The van der Waals surface area contributed by atoms with Gasteiger partial charge >= 0.3 is 5.97 Å². The normalized spacial score (nSPS) is 14.5. The molecule has 37 heavy (non-hydrogen) atoms. The van der Waals surface area contributed by atoms with Gasteiger partial charge in [-0.1, -0.05) is 24.8 Å². The van der Waals surface area contributed by atoms with Gasteiger partial charge in [0.15, 0.2) is 23.0 Å². The first-order valence-corrected chi connectivity index (χ1v) is 11.2. The fraction of sp³-hybridized carbons (Fsp3) is 0.214. The lowest BCUT2D eigenvalue weighted by atomic mass is 9.87. The van der Waals surface area contributed by atoms with Crippen LogP contribution in [0.15, 0.2) is 66.7 Å². The first-order chi connectivity index (χ1) is 17.9. The van der Waals surface area contributed by atoms with Crippen LogP contribution in [0.2, 0.25) is 0 Å². The Hall–Kier alpha value is -4.66. The number of amides is 1. The summed E-state index contributed by atoms with van der Waals surface area (Å²) >= 11 is 0. The molecule has 0 saturated carbocycles. The van der Waals surface area contributed by atoms with Crippen LogP contribution < -0.4 is 33.3 Å². The number of rotatable bonds is 9. The Morgan fingerprint density at radius 2 is 1.35 bits per heavy atom. The molecule has 192 valence electrons. The number of hydrogen-bond acceptors (Lipinski definition) is 8. The van der Waals surface area contributed by atoms with Crippen LogP contribution in [0.4, 0.5) is 5.69 Å². The molecule has 0 aromatic heterocycles. The van der Waals surface area contributed by atoms with E-state index in [2.05, 4.69) is 6.58 Å². The van der Waals surface area contributed by atoms with Crippen LogP contribution in [0.1, 0.15) is 22.0 Å². The summed E-state index contributed by atoms with van der Waals surface area (Å²) in [6.45, 7) is 3.98. The zero-order valence-corrected chi connectivity index (χ0v) is 21.2. The van der Waals surface area contributed by atoms with Crippen molar-refractivity contribution in [2.45, 2.75) is 6.04 Å². The van der Waals surface area contributed by atoms with E-state index in [9.17, 15) is 9.59 Å². The first-order valence-electron chi connectivity index (χ1n) is 11.2. The van der Waals surface area contributed by atoms with E-state index in [1.165, 1.54) is 40.4 Å². The van der Waals surface area contributed by atoms with Gasteiger partial charge in [-0.05, 0) is 24.3 Å². The van der Waals surface area contributed by atoms with Gasteiger partial charge in [0.25, 0.3) is 5.91 Å². The fourth-order valence-corrected chi connectivity index (χ4v) is 4.24. The molecule has 1 heterocycles. The van der Waals surface area contributed by atoms with Gasteiger partial charge in [0.2, 0.25) is 11.5 Å². The average molecular weight is 506 g/mol. The summed E-state index contributed by atoms with van der Waals surface area (Å²) in [5, 5.41) is 0. The van der Waals surface area contributed by atoms with Crippen molar-refractivity contribution < 1.29 is 38.0 Å². The first kappa shape index (κ1) is 25.4. The van der Waals surface area contributed by atoms with Crippen LogP contribution in [0.3, 0.4) is 0 Å².